The van der Waals surface area contributed by atoms with Gasteiger partial charge in [0.25, 0.3) is 0 Å². The van der Waals surface area contributed by atoms with Gasteiger partial charge in [0.05, 0.1) is 19.6 Å². The Labute approximate surface area is 126 Å². The maximum Gasteiger partial charge on any atom is 0.219 e. The van der Waals surface area contributed by atoms with Crippen LogP contribution in [-0.2, 0) is 0 Å². The highest BCUT2D eigenvalue weighted by Gasteiger charge is 2.13. The Morgan fingerprint density at radius 1 is 1.00 bits per heavy atom. The molecule has 4 nitrogen and oxygen atoms in total. The van der Waals surface area contributed by atoms with Gasteiger partial charge in [-0.2, -0.15) is 0 Å². The standard InChI is InChI=1S/C17H14FNO3/c1-20-10-7-15(21-2)13-9-12(17(19)22-16(13)8-10)11-5-3-4-6-14(11)18/h3-9,19H,1-2H3. The molecule has 0 aliphatic carbocycles. The summed E-state index contributed by atoms with van der Waals surface area (Å²) < 4.78 is 30.0. The van der Waals surface area contributed by atoms with E-state index in [0.717, 1.165) is 0 Å². The van der Waals surface area contributed by atoms with Crippen LogP contribution < -0.4 is 15.0 Å². The van der Waals surface area contributed by atoms with Crippen LogP contribution in [0.25, 0.3) is 22.1 Å². The van der Waals surface area contributed by atoms with E-state index in [-0.39, 0.29) is 5.55 Å². The van der Waals surface area contributed by atoms with E-state index in [1.54, 1.807) is 36.4 Å². The van der Waals surface area contributed by atoms with E-state index in [9.17, 15) is 4.39 Å². The molecule has 0 atom stereocenters. The number of hydrogen-bond donors (Lipinski definition) is 1. The van der Waals surface area contributed by atoms with Crippen LogP contribution >= 0.6 is 0 Å². The second-order valence-electron chi connectivity index (χ2n) is 4.71. The molecule has 0 unspecified atom stereocenters. The van der Waals surface area contributed by atoms with Crippen LogP contribution in [0.15, 0.2) is 46.9 Å². The van der Waals surface area contributed by atoms with E-state index >= 15 is 0 Å². The molecule has 3 aromatic rings. The monoisotopic (exact) mass is 299 g/mol. The van der Waals surface area contributed by atoms with Crippen molar-refractivity contribution in [2.75, 3.05) is 14.2 Å². The van der Waals surface area contributed by atoms with Crippen molar-refractivity contribution in [1.82, 2.24) is 0 Å². The van der Waals surface area contributed by atoms with Crippen LogP contribution in [0.4, 0.5) is 4.39 Å². The van der Waals surface area contributed by atoms with Crippen molar-refractivity contribution in [1.29, 1.82) is 5.41 Å². The van der Waals surface area contributed by atoms with Gasteiger partial charge in [0.1, 0.15) is 22.9 Å². The number of hydrogen-bond acceptors (Lipinski definition) is 4. The maximum absolute atomic E-state index is 14.0. The SMILES string of the molecule is COc1cc(OC)c2cc(-c3ccccc3F)c(=N)oc2c1. The van der Waals surface area contributed by atoms with E-state index in [2.05, 4.69) is 0 Å². The van der Waals surface area contributed by atoms with E-state index in [0.29, 0.717) is 33.6 Å². The van der Waals surface area contributed by atoms with Crippen molar-refractivity contribution in [3.63, 3.8) is 0 Å². The molecule has 0 radical (unpaired) electrons. The molecule has 2 aromatic carbocycles. The first-order chi connectivity index (χ1) is 10.6. The smallest absolute Gasteiger partial charge is 0.219 e. The van der Waals surface area contributed by atoms with Gasteiger partial charge in [-0.3, -0.25) is 5.41 Å². The fourth-order valence-electron chi connectivity index (χ4n) is 2.34. The summed E-state index contributed by atoms with van der Waals surface area (Å²) in [4.78, 5) is 0. The van der Waals surface area contributed by atoms with Crippen molar-refractivity contribution >= 4 is 11.0 Å². The molecule has 112 valence electrons. The molecule has 1 aromatic heterocycles. The lowest BCUT2D eigenvalue weighted by molar-refractivity contribution is 0.395. The van der Waals surface area contributed by atoms with Gasteiger partial charge in [0, 0.05) is 23.3 Å². The van der Waals surface area contributed by atoms with Crippen molar-refractivity contribution in [3.8, 4) is 22.6 Å². The number of ether oxygens (including phenoxy) is 2. The second-order valence-corrected chi connectivity index (χ2v) is 4.71. The predicted molar refractivity (Wildman–Crippen MR) is 80.6 cm³/mol. The topological polar surface area (TPSA) is 55.5 Å². The van der Waals surface area contributed by atoms with Crippen LogP contribution in [-0.4, -0.2) is 14.2 Å². The van der Waals surface area contributed by atoms with Gasteiger partial charge in [-0.15, -0.1) is 0 Å². The van der Waals surface area contributed by atoms with E-state index in [1.807, 2.05) is 0 Å². The normalized spacial score (nSPS) is 10.7. The summed E-state index contributed by atoms with van der Waals surface area (Å²) in [6, 6.07) is 11.4. The Hall–Kier alpha value is -2.82. The van der Waals surface area contributed by atoms with Gasteiger partial charge in [0.15, 0.2) is 0 Å². The number of benzene rings is 2. The predicted octanol–water partition coefficient (Wildman–Crippen LogP) is 3.74. The summed E-state index contributed by atoms with van der Waals surface area (Å²) in [5.41, 5.74) is 1.01. The molecular formula is C17H14FNO3. The molecule has 1 N–H and O–H groups in total. The third kappa shape index (κ3) is 2.30. The molecule has 0 aliphatic heterocycles. The number of nitrogens with one attached hydrogen (secondary N) is 1. The lowest BCUT2D eigenvalue weighted by Gasteiger charge is -2.10. The van der Waals surface area contributed by atoms with Crippen LogP contribution in [0.2, 0.25) is 0 Å². The highest BCUT2D eigenvalue weighted by molar-refractivity contribution is 5.88. The third-order valence-corrected chi connectivity index (χ3v) is 3.44. The van der Waals surface area contributed by atoms with E-state index in [4.69, 9.17) is 19.3 Å². The summed E-state index contributed by atoms with van der Waals surface area (Å²) >= 11 is 0. The van der Waals surface area contributed by atoms with Crippen molar-refractivity contribution < 1.29 is 18.3 Å². The van der Waals surface area contributed by atoms with Crippen LogP contribution in [0, 0.1) is 11.2 Å². The minimum Gasteiger partial charge on any atom is -0.496 e. The van der Waals surface area contributed by atoms with Crippen LogP contribution in [0.5, 0.6) is 11.5 Å². The molecule has 0 bridgehead atoms. The van der Waals surface area contributed by atoms with Crippen molar-refractivity contribution in [2.45, 2.75) is 0 Å². The minimum absolute atomic E-state index is 0.118. The first-order valence-electron chi connectivity index (χ1n) is 6.63. The Balaban J connectivity index is 2.33. The average molecular weight is 299 g/mol. The Kier molecular flexibility index (Phi) is 3.55. The summed E-state index contributed by atoms with van der Waals surface area (Å²) in [5, 5.41) is 8.68. The molecule has 5 heteroatoms. The zero-order valence-corrected chi connectivity index (χ0v) is 12.1. The molecule has 0 saturated carbocycles. The third-order valence-electron chi connectivity index (χ3n) is 3.44. The summed E-state index contributed by atoms with van der Waals surface area (Å²) in [6.07, 6.45) is 0. The van der Waals surface area contributed by atoms with Gasteiger partial charge >= 0.3 is 0 Å². The molecule has 22 heavy (non-hydrogen) atoms. The van der Waals surface area contributed by atoms with Gasteiger partial charge in [-0.05, 0) is 12.1 Å². The van der Waals surface area contributed by atoms with Gasteiger partial charge in [-0.1, -0.05) is 18.2 Å². The molecule has 0 aliphatic rings. The molecule has 0 fully saturated rings. The minimum atomic E-state index is -0.405. The zero-order chi connectivity index (χ0) is 15.7. The van der Waals surface area contributed by atoms with Gasteiger partial charge < -0.3 is 13.9 Å². The lowest BCUT2D eigenvalue weighted by Crippen LogP contribution is -2.05. The van der Waals surface area contributed by atoms with E-state index in [1.165, 1.54) is 20.3 Å². The van der Waals surface area contributed by atoms with Crippen molar-refractivity contribution in [2.24, 2.45) is 0 Å². The first-order valence-corrected chi connectivity index (χ1v) is 6.63. The molecule has 0 spiro atoms. The molecule has 0 amide bonds. The lowest BCUT2D eigenvalue weighted by atomic mass is 10.0. The molecule has 1 heterocycles. The Bertz CT molecular complexity index is 902. The van der Waals surface area contributed by atoms with Crippen molar-refractivity contribution in [3.05, 3.63) is 53.8 Å². The maximum atomic E-state index is 14.0. The quantitative estimate of drug-likeness (QED) is 0.801. The van der Waals surface area contributed by atoms with Gasteiger partial charge in [0.2, 0.25) is 5.55 Å². The highest BCUT2D eigenvalue weighted by atomic mass is 19.1. The number of halogens is 1. The fourth-order valence-corrected chi connectivity index (χ4v) is 2.34. The van der Waals surface area contributed by atoms with Crippen LogP contribution in [0.3, 0.4) is 0 Å². The van der Waals surface area contributed by atoms with Crippen LogP contribution in [0.1, 0.15) is 0 Å². The number of rotatable bonds is 3. The highest BCUT2D eigenvalue weighted by Crippen LogP contribution is 2.33. The van der Waals surface area contributed by atoms with E-state index < -0.39 is 5.82 Å². The summed E-state index contributed by atoms with van der Waals surface area (Å²) in [5.74, 6) is 0.694. The summed E-state index contributed by atoms with van der Waals surface area (Å²) in [7, 11) is 3.07. The first kappa shape index (κ1) is 14.1. The number of fused-ring (bicyclic) bond motifs is 1. The van der Waals surface area contributed by atoms with Gasteiger partial charge in [-0.25, -0.2) is 4.39 Å². The summed E-state index contributed by atoms with van der Waals surface area (Å²) in [6.45, 7) is 0. The molecule has 3 rings (SSSR count). The average Bonchev–Trinajstić information content (AvgIpc) is 2.53. The fraction of sp³-hybridized carbons (Fsp3) is 0.118. The molecular weight excluding hydrogens is 285 g/mol. The zero-order valence-electron chi connectivity index (χ0n) is 12.1. The second kappa shape index (κ2) is 5.52. The largest absolute Gasteiger partial charge is 0.496 e. The molecule has 0 saturated heterocycles. The Morgan fingerprint density at radius 3 is 2.45 bits per heavy atom. The Morgan fingerprint density at radius 2 is 1.77 bits per heavy atom. The number of methoxy groups -OCH3 is 2.